The molecule has 112 valence electrons. The van der Waals surface area contributed by atoms with Crippen LogP contribution in [0.3, 0.4) is 0 Å². The van der Waals surface area contributed by atoms with E-state index >= 15 is 0 Å². The van der Waals surface area contributed by atoms with Crippen molar-refractivity contribution in [1.29, 1.82) is 0 Å². The molecule has 1 atom stereocenters. The molecule has 2 heterocycles. The molecule has 4 heteroatoms. The van der Waals surface area contributed by atoms with Gasteiger partial charge in [0.15, 0.2) is 0 Å². The van der Waals surface area contributed by atoms with Crippen LogP contribution in [-0.4, -0.2) is 41.1 Å². The van der Waals surface area contributed by atoms with Crippen molar-refractivity contribution in [3.63, 3.8) is 0 Å². The van der Waals surface area contributed by atoms with Crippen molar-refractivity contribution in [2.24, 2.45) is 7.05 Å². The Bertz CT molecular complexity index is 647. The maximum absolute atomic E-state index is 12.3. The zero-order valence-corrected chi connectivity index (χ0v) is 12.8. The molecule has 4 nitrogen and oxygen atoms in total. The highest BCUT2D eigenvalue weighted by molar-refractivity contribution is 5.98. The van der Waals surface area contributed by atoms with Gasteiger partial charge in [0.2, 0.25) is 0 Å². The lowest BCUT2D eigenvalue weighted by Crippen LogP contribution is -2.40. The number of hydrogen-bond donors (Lipinski definition) is 1. The average Bonchev–Trinajstić information content (AvgIpc) is 3.11. The van der Waals surface area contributed by atoms with E-state index in [-0.39, 0.29) is 5.91 Å². The molecular formula is C17H23N3O. The van der Waals surface area contributed by atoms with Gasteiger partial charge in [-0.3, -0.25) is 9.69 Å². The summed E-state index contributed by atoms with van der Waals surface area (Å²) in [6, 6.07) is 8.43. The Labute approximate surface area is 125 Å². The van der Waals surface area contributed by atoms with Crippen LogP contribution in [0.2, 0.25) is 0 Å². The Morgan fingerprint density at radius 2 is 2.24 bits per heavy atom. The standard InChI is InChI=1S/C17H23N3O/c1-3-20-9-4-5-15(20)12-18-17(21)14-6-7-16-13(11-14)8-10-19(16)2/h6-8,10-11,15H,3-5,9,12H2,1-2H3,(H,18,21)/t15-/m1/s1. The van der Waals surface area contributed by atoms with Crippen LogP contribution in [0.5, 0.6) is 0 Å². The van der Waals surface area contributed by atoms with Gasteiger partial charge in [-0.1, -0.05) is 6.92 Å². The third-order valence-electron chi connectivity index (χ3n) is 4.55. The second kappa shape index (κ2) is 5.90. The highest BCUT2D eigenvalue weighted by Crippen LogP contribution is 2.18. The van der Waals surface area contributed by atoms with Crippen LogP contribution in [0.4, 0.5) is 0 Å². The number of hydrogen-bond acceptors (Lipinski definition) is 2. The van der Waals surface area contributed by atoms with Crippen molar-refractivity contribution in [2.45, 2.75) is 25.8 Å². The number of likely N-dealkylation sites (N-methyl/N-ethyl adjacent to an activating group) is 1. The number of carbonyl (C=O) groups excluding carboxylic acids is 1. The molecule has 3 rings (SSSR count). The minimum atomic E-state index is 0.0312. The molecular weight excluding hydrogens is 262 g/mol. The minimum absolute atomic E-state index is 0.0312. The lowest BCUT2D eigenvalue weighted by Gasteiger charge is -2.22. The van der Waals surface area contributed by atoms with Crippen LogP contribution in [0.1, 0.15) is 30.1 Å². The first-order chi connectivity index (χ1) is 10.2. The molecule has 0 radical (unpaired) electrons. The number of rotatable bonds is 4. The van der Waals surface area contributed by atoms with E-state index < -0.39 is 0 Å². The van der Waals surface area contributed by atoms with Gasteiger partial charge < -0.3 is 9.88 Å². The van der Waals surface area contributed by atoms with E-state index in [0.29, 0.717) is 6.04 Å². The smallest absolute Gasteiger partial charge is 0.251 e. The van der Waals surface area contributed by atoms with Gasteiger partial charge in [0, 0.05) is 42.3 Å². The molecule has 1 aromatic carbocycles. The Morgan fingerprint density at radius 3 is 3.05 bits per heavy atom. The Balaban J connectivity index is 1.66. The molecule has 21 heavy (non-hydrogen) atoms. The number of aryl methyl sites for hydroxylation is 1. The number of likely N-dealkylation sites (tertiary alicyclic amines) is 1. The van der Waals surface area contributed by atoms with E-state index in [1.807, 2.05) is 37.5 Å². The summed E-state index contributed by atoms with van der Waals surface area (Å²) in [7, 11) is 2.02. The number of fused-ring (bicyclic) bond motifs is 1. The lowest BCUT2D eigenvalue weighted by atomic mass is 10.1. The number of aromatic nitrogens is 1. The zero-order chi connectivity index (χ0) is 14.8. The molecule has 1 aromatic heterocycles. The highest BCUT2D eigenvalue weighted by atomic mass is 16.1. The molecule has 1 saturated heterocycles. The third-order valence-corrected chi connectivity index (χ3v) is 4.55. The molecule has 1 aliphatic rings. The summed E-state index contributed by atoms with van der Waals surface area (Å²) in [6.45, 7) is 5.16. The van der Waals surface area contributed by atoms with Crippen molar-refractivity contribution in [1.82, 2.24) is 14.8 Å². The van der Waals surface area contributed by atoms with Crippen molar-refractivity contribution in [3.8, 4) is 0 Å². The summed E-state index contributed by atoms with van der Waals surface area (Å²) in [6.07, 6.45) is 4.44. The van der Waals surface area contributed by atoms with Gasteiger partial charge in [-0.05, 0) is 50.2 Å². The molecule has 0 unspecified atom stereocenters. The molecule has 1 N–H and O–H groups in total. The van der Waals surface area contributed by atoms with E-state index in [0.717, 1.165) is 36.1 Å². The predicted molar refractivity (Wildman–Crippen MR) is 85.5 cm³/mol. The van der Waals surface area contributed by atoms with Gasteiger partial charge in [-0.25, -0.2) is 0 Å². The van der Waals surface area contributed by atoms with Gasteiger partial charge in [-0.15, -0.1) is 0 Å². The molecule has 0 aliphatic carbocycles. The van der Waals surface area contributed by atoms with E-state index in [1.165, 1.54) is 12.8 Å². The summed E-state index contributed by atoms with van der Waals surface area (Å²) in [5, 5.41) is 4.20. The predicted octanol–water partition coefficient (Wildman–Crippen LogP) is 2.39. The number of carbonyl (C=O) groups is 1. The summed E-state index contributed by atoms with van der Waals surface area (Å²) in [5.74, 6) is 0.0312. The topological polar surface area (TPSA) is 37.3 Å². The molecule has 2 aromatic rings. The van der Waals surface area contributed by atoms with E-state index in [9.17, 15) is 4.79 Å². The summed E-state index contributed by atoms with van der Waals surface area (Å²) in [5.41, 5.74) is 1.90. The number of benzene rings is 1. The SMILES string of the molecule is CCN1CCC[C@@H]1CNC(=O)c1ccc2c(ccn2C)c1. The van der Waals surface area contributed by atoms with E-state index in [4.69, 9.17) is 0 Å². The monoisotopic (exact) mass is 285 g/mol. The Kier molecular flexibility index (Phi) is 3.97. The van der Waals surface area contributed by atoms with Crippen LogP contribution >= 0.6 is 0 Å². The van der Waals surface area contributed by atoms with Crippen LogP contribution < -0.4 is 5.32 Å². The fourth-order valence-electron chi connectivity index (χ4n) is 3.28. The maximum Gasteiger partial charge on any atom is 0.251 e. The minimum Gasteiger partial charge on any atom is -0.351 e. The number of nitrogens with one attached hydrogen (secondary N) is 1. The maximum atomic E-state index is 12.3. The quantitative estimate of drug-likeness (QED) is 0.936. The van der Waals surface area contributed by atoms with Crippen LogP contribution in [0, 0.1) is 0 Å². The first kappa shape index (κ1) is 14.1. The summed E-state index contributed by atoms with van der Waals surface area (Å²) >= 11 is 0. The first-order valence-corrected chi connectivity index (χ1v) is 7.76. The van der Waals surface area contributed by atoms with Gasteiger partial charge >= 0.3 is 0 Å². The second-order valence-electron chi connectivity index (χ2n) is 5.83. The van der Waals surface area contributed by atoms with Gasteiger partial charge in [-0.2, -0.15) is 0 Å². The van der Waals surface area contributed by atoms with Crippen molar-refractivity contribution < 1.29 is 4.79 Å². The molecule has 0 spiro atoms. The van der Waals surface area contributed by atoms with E-state index in [1.54, 1.807) is 0 Å². The van der Waals surface area contributed by atoms with Gasteiger partial charge in [0.25, 0.3) is 5.91 Å². The second-order valence-corrected chi connectivity index (χ2v) is 5.83. The number of nitrogens with zero attached hydrogens (tertiary/aromatic N) is 2. The van der Waals surface area contributed by atoms with Crippen molar-refractivity contribution in [3.05, 3.63) is 36.0 Å². The van der Waals surface area contributed by atoms with Gasteiger partial charge in [0.05, 0.1) is 0 Å². The number of amides is 1. The van der Waals surface area contributed by atoms with Crippen LogP contribution in [0.15, 0.2) is 30.5 Å². The molecule has 1 amide bonds. The summed E-state index contributed by atoms with van der Waals surface area (Å²) in [4.78, 5) is 14.8. The zero-order valence-electron chi connectivity index (χ0n) is 12.8. The largest absolute Gasteiger partial charge is 0.351 e. The summed E-state index contributed by atoms with van der Waals surface area (Å²) < 4.78 is 2.06. The lowest BCUT2D eigenvalue weighted by molar-refractivity contribution is 0.0941. The first-order valence-electron chi connectivity index (χ1n) is 7.76. The fraction of sp³-hybridized carbons (Fsp3) is 0.471. The molecule has 0 saturated carbocycles. The highest BCUT2D eigenvalue weighted by Gasteiger charge is 2.23. The molecule has 0 bridgehead atoms. The van der Waals surface area contributed by atoms with Crippen LogP contribution in [0.25, 0.3) is 10.9 Å². The van der Waals surface area contributed by atoms with Crippen LogP contribution in [-0.2, 0) is 7.05 Å². The third kappa shape index (κ3) is 2.81. The normalized spacial score (nSPS) is 19.2. The van der Waals surface area contributed by atoms with Crippen molar-refractivity contribution in [2.75, 3.05) is 19.6 Å². The Morgan fingerprint density at radius 1 is 1.38 bits per heavy atom. The fourth-order valence-corrected chi connectivity index (χ4v) is 3.28. The average molecular weight is 285 g/mol. The molecule has 1 aliphatic heterocycles. The van der Waals surface area contributed by atoms with E-state index in [2.05, 4.69) is 21.7 Å². The molecule has 1 fully saturated rings. The Hall–Kier alpha value is -1.81. The van der Waals surface area contributed by atoms with Gasteiger partial charge in [0.1, 0.15) is 0 Å². The van der Waals surface area contributed by atoms with Crippen molar-refractivity contribution >= 4 is 16.8 Å².